The molecule has 0 atom stereocenters. The SMILES string of the molecule is O=C(NC1CCC(F)(F)CC1)N1CCC(n2ncc3cc(-c4ccc(F)cc4)ccc32)CC1. The molecule has 1 saturated heterocycles. The van der Waals surface area contributed by atoms with E-state index in [1.165, 1.54) is 12.1 Å². The highest BCUT2D eigenvalue weighted by molar-refractivity contribution is 5.84. The van der Waals surface area contributed by atoms with Crippen molar-refractivity contribution in [3.05, 3.63) is 54.5 Å². The van der Waals surface area contributed by atoms with Crippen LogP contribution < -0.4 is 5.32 Å². The number of hydrogen-bond donors (Lipinski definition) is 1. The standard InChI is InChI=1S/C25H27F3N4O/c26-20-4-1-17(2-5-20)18-3-6-23-19(15-18)16-29-32(23)22-9-13-31(14-10-22)24(33)30-21-7-11-25(27,28)12-8-21/h1-6,15-16,21-22H,7-14H2,(H,30,33). The average Bonchev–Trinajstić information content (AvgIpc) is 3.24. The van der Waals surface area contributed by atoms with E-state index in [0.717, 1.165) is 34.9 Å². The van der Waals surface area contributed by atoms with Gasteiger partial charge in [-0.1, -0.05) is 18.2 Å². The summed E-state index contributed by atoms with van der Waals surface area (Å²) in [5.74, 6) is -2.85. The molecule has 33 heavy (non-hydrogen) atoms. The number of halogens is 3. The van der Waals surface area contributed by atoms with Crippen LogP contribution in [0.3, 0.4) is 0 Å². The maximum absolute atomic E-state index is 13.3. The first kappa shape index (κ1) is 21.8. The summed E-state index contributed by atoms with van der Waals surface area (Å²) in [7, 11) is 0. The van der Waals surface area contributed by atoms with Crippen LogP contribution in [-0.2, 0) is 0 Å². The summed E-state index contributed by atoms with van der Waals surface area (Å²) in [5.41, 5.74) is 2.99. The van der Waals surface area contributed by atoms with E-state index in [-0.39, 0.29) is 36.8 Å². The van der Waals surface area contributed by atoms with E-state index < -0.39 is 5.92 Å². The molecule has 1 N–H and O–H groups in total. The Morgan fingerprint density at radius 2 is 1.64 bits per heavy atom. The number of hydrogen-bond acceptors (Lipinski definition) is 2. The second kappa shape index (κ2) is 8.72. The smallest absolute Gasteiger partial charge is 0.317 e. The molecule has 3 aromatic rings. The summed E-state index contributed by atoms with van der Waals surface area (Å²) in [6, 6.07) is 12.4. The summed E-state index contributed by atoms with van der Waals surface area (Å²) >= 11 is 0. The van der Waals surface area contributed by atoms with Gasteiger partial charge in [0.2, 0.25) is 5.92 Å². The zero-order valence-corrected chi connectivity index (χ0v) is 18.3. The van der Waals surface area contributed by atoms with Crippen molar-refractivity contribution < 1.29 is 18.0 Å². The maximum atomic E-state index is 13.3. The molecule has 1 saturated carbocycles. The molecule has 2 aromatic carbocycles. The monoisotopic (exact) mass is 456 g/mol. The maximum Gasteiger partial charge on any atom is 0.317 e. The largest absolute Gasteiger partial charge is 0.335 e. The van der Waals surface area contributed by atoms with E-state index in [0.29, 0.717) is 25.9 Å². The molecular formula is C25H27F3N4O. The first-order valence-electron chi connectivity index (χ1n) is 11.5. The van der Waals surface area contributed by atoms with Crippen molar-refractivity contribution in [3.8, 4) is 11.1 Å². The summed E-state index contributed by atoms with van der Waals surface area (Å²) < 4.78 is 41.9. The third kappa shape index (κ3) is 4.70. The minimum absolute atomic E-state index is 0.155. The number of urea groups is 1. The number of aromatic nitrogens is 2. The van der Waals surface area contributed by atoms with Crippen LogP contribution in [0.15, 0.2) is 48.7 Å². The second-order valence-electron chi connectivity index (χ2n) is 9.17. The number of amides is 2. The molecule has 0 spiro atoms. The Labute approximate surface area is 190 Å². The lowest BCUT2D eigenvalue weighted by atomic mass is 9.92. The number of likely N-dealkylation sites (tertiary alicyclic amines) is 1. The minimum Gasteiger partial charge on any atom is -0.335 e. The normalized spacial score (nSPS) is 19.7. The quantitative estimate of drug-likeness (QED) is 0.544. The van der Waals surface area contributed by atoms with Crippen molar-refractivity contribution >= 4 is 16.9 Å². The molecule has 0 unspecified atom stereocenters. The number of carbonyl (C=O) groups excluding carboxylic acids is 1. The molecule has 5 rings (SSSR count). The van der Waals surface area contributed by atoms with Gasteiger partial charge in [0.05, 0.1) is 17.8 Å². The van der Waals surface area contributed by atoms with E-state index in [9.17, 15) is 18.0 Å². The lowest BCUT2D eigenvalue weighted by Crippen LogP contribution is -2.49. The van der Waals surface area contributed by atoms with Gasteiger partial charge >= 0.3 is 6.03 Å². The molecule has 2 aliphatic rings. The number of alkyl halides is 2. The van der Waals surface area contributed by atoms with Crippen LogP contribution in [0.4, 0.5) is 18.0 Å². The highest BCUT2D eigenvalue weighted by atomic mass is 19.3. The van der Waals surface area contributed by atoms with Gasteiger partial charge in [0.25, 0.3) is 0 Å². The molecule has 1 aromatic heterocycles. The van der Waals surface area contributed by atoms with Gasteiger partial charge in [-0.25, -0.2) is 18.0 Å². The fourth-order valence-electron chi connectivity index (χ4n) is 4.93. The van der Waals surface area contributed by atoms with E-state index in [1.807, 2.05) is 23.0 Å². The zero-order valence-electron chi connectivity index (χ0n) is 18.3. The Balaban J connectivity index is 1.20. The van der Waals surface area contributed by atoms with Crippen molar-refractivity contribution in [2.24, 2.45) is 0 Å². The van der Waals surface area contributed by atoms with Gasteiger partial charge in [0.15, 0.2) is 0 Å². The molecule has 174 valence electrons. The molecular weight excluding hydrogens is 429 g/mol. The van der Waals surface area contributed by atoms with Crippen molar-refractivity contribution in [3.63, 3.8) is 0 Å². The molecule has 2 fully saturated rings. The predicted octanol–water partition coefficient (Wildman–Crippen LogP) is 5.77. The third-order valence-electron chi connectivity index (χ3n) is 6.92. The van der Waals surface area contributed by atoms with Crippen LogP contribution >= 0.6 is 0 Å². The van der Waals surface area contributed by atoms with Gasteiger partial charge in [-0.15, -0.1) is 0 Å². The van der Waals surface area contributed by atoms with Gasteiger partial charge in [-0.05, 0) is 61.1 Å². The van der Waals surface area contributed by atoms with Gasteiger partial charge in [-0.3, -0.25) is 4.68 Å². The molecule has 5 nitrogen and oxygen atoms in total. The van der Waals surface area contributed by atoms with Gasteiger partial charge in [0.1, 0.15) is 5.82 Å². The van der Waals surface area contributed by atoms with Crippen LogP contribution in [0.1, 0.15) is 44.6 Å². The Hall–Kier alpha value is -3.03. The Morgan fingerprint density at radius 3 is 2.33 bits per heavy atom. The number of rotatable bonds is 3. The fourth-order valence-corrected chi connectivity index (χ4v) is 4.93. The highest BCUT2D eigenvalue weighted by Gasteiger charge is 2.36. The van der Waals surface area contributed by atoms with Crippen LogP contribution in [0, 0.1) is 5.82 Å². The minimum atomic E-state index is -2.59. The van der Waals surface area contributed by atoms with Crippen LogP contribution in [0.25, 0.3) is 22.0 Å². The summed E-state index contributed by atoms with van der Waals surface area (Å²) in [4.78, 5) is 14.4. The third-order valence-corrected chi connectivity index (χ3v) is 6.92. The lowest BCUT2D eigenvalue weighted by molar-refractivity contribution is -0.0398. The average molecular weight is 457 g/mol. The number of piperidine rings is 1. The number of nitrogens with one attached hydrogen (secondary N) is 1. The molecule has 8 heteroatoms. The summed E-state index contributed by atoms with van der Waals surface area (Å²) in [6.45, 7) is 1.21. The number of fused-ring (bicyclic) bond motifs is 1. The first-order chi connectivity index (χ1) is 15.9. The van der Waals surface area contributed by atoms with E-state index in [4.69, 9.17) is 0 Å². The first-order valence-corrected chi connectivity index (χ1v) is 11.5. The van der Waals surface area contributed by atoms with Crippen molar-refractivity contribution in [2.45, 2.75) is 56.5 Å². The zero-order chi connectivity index (χ0) is 23.0. The van der Waals surface area contributed by atoms with Gasteiger partial charge in [0, 0.05) is 37.4 Å². The van der Waals surface area contributed by atoms with Crippen molar-refractivity contribution in [1.82, 2.24) is 20.0 Å². The topological polar surface area (TPSA) is 50.2 Å². The Kier molecular flexibility index (Phi) is 5.76. The predicted molar refractivity (Wildman–Crippen MR) is 121 cm³/mol. The Morgan fingerprint density at radius 1 is 0.970 bits per heavy atom. The number of benzene rings is 2. The van der Waals surface area contributed by atoms with Gasteiger partial charge < -0.3 is 10.2 Å². The molecule has 2 amide bonds. The van der Waals surface area contributed by atoms with Crippen molar-refractivity contribution in [2.75, 3.05) is 13.1 Å². The number of carbonyl (C=O) groups is 1. The Bertz CT molecular complexity index is 1130. The molecule has 0 bridgehead atoms. The van der Waals surface area contributed by atoms with E-state index >= 15 is 0 Å². The van der Waals surface area contributed by atoms with E-state index in [1.54, 1.807) is 17.0 Å². The fraction of sp³-hybridized carbons (Fsp3) is 0.440. The number of nitrogens with zero attached hydrogens (tertiary/aromatic N) is 3. The molecule has 0 radical (unpaired) electrons. The van der Waals surface area contributed by atoms with Crippen LogP contribution in [-0.4, -0.2) is 45.8 Å². The summed E-state index contributed by atoms with van der Waals surface area (Å²) in [5, 5.41) is 8.57. The summed E-state index contributed by atoms with van der Waals surface area (Å²) in [6.07, 6.45) is 3.76. The molecule has 1 aliphatic carbocycles. The van der Waals surface area contributed by atoms with Crippen molar-refractivity contribution in [1.29, 1.82) is 0 Å². The van der Waals surface area contributed by atoms with E-state index in [2.05, 4.69) is 16.5 Å². The molecule has 1 aliphatic heterocycles. The second-order valence-corrected chi connectivity index (χ2v) is 9.17. The lowest BCUT2D eigenvalue weighted by Gasteiger charge is -2.35. The van der Waals surface area contributed by atoms with Crippen LogP contribution in [0.5, 0.6) is 0 Å². The molecule has 2 heterocycles. The van der Waals surface area contributed by atoms with Crippen LogP contribution in [0.2, 0.25) is 0 Å². The highest BCUT2D eigenvalue weighted by Crippen LogP contribution is 2.33. The van der Waals surface area contributed by atoms with Gasteiger partial charge in [-0.2, -0.15) is 5.10 Å².